The van der Waals surface area contributed by atoms with Crippen LogP contribution in [0.25, 0.3) is 10.9 Å². The van der Waals surface area contributed by atoms with E-state index in [0.29, 0.717) is 26.9 Å². The first-order chi connectivity index (χ1) is 16.9. The van der Waals surface area contributed by atoms with Gasteiger partial charge in [0.2, 0.25) is 0 Å². The van der Waals surface area contributed by atoms with E-state index in [-0.39, 0.29) is 10.6 Å². The molecule has 0 unspecified atom stereocenters. The predicted molar refractivity (Wildman–Crippen MR) is 125 cm³/mol. The Labute approximate surface area is 206 Å². The monoisotopic (exact) mass is 536 g/mol. The van der Waals surface area contributed by atoms with Gasteiger partial charge in [-0.05, 0) is 60.2 Å². The first-order valence-electron chi connectivity index (χ1n) is 10.2. The highest BCUT2D eigenvalue weighted by Crippen LogP contribution is 2.29. The molecule has 2 aromatic heterocycles. The molecule has 0 fully saturated rings. The van der Waals surface area contributed by atoms with Gasteiger partial charge in [-0.15, -0.1) is 11.3 Å². The van der Waals surface area contributed by atoms with Crippen LogP contribution in [0.5, 0.6) is 0 Å². The summed E-state index contributed by atoms with van der Waals surface area (Å²) in [5.41, 5.74) is 0.496. The van der Waals surface area contributed by atoms with Crippen LogP contribution in [0.4, 0.5) is 17.6 Å². The average molecular weight is 537 g/mol. The third-order valence-electron chi connectivity index (χ3n) is 5.14. The fraction of sp³-hybridized carbons (Fsp3) is 0.125. The minimum Gasteiger partial charge on any atom is -0.480 e. The molecule has 0 aliphatic carbocycles. The number of carboxylic acid groups (broad SMARTS) is 1. The Hall–Kier alpha value is -3.66. The van der Waals surface area contributed by atoms with Crippen LogP contribution in [-0.4, -0.2) is 30.5 Å². The Morgan fingerprint density at radius 2 is 1.81 bits per heavy atom. The Morgan fingerprint density at radius 1 is 1.08 bits per heavy atom. The lowest BCUT2D eigenvalue weighted by Gasteiger charge is -2.13. The third kappa shape index (κ3) is 5.76. The SMILES string of the molecule is O=C(O)[C@@H](Cc1c[nH]c2ccc(F)cc12)NS(=O)(=O)c1ccc(C#Cc2ccc(C(F)(F)F)cc2)s1. The molecule has 3 N–H and O–H groups in total. The number of rotatable bonds is 6. The second-order valence-electron chi connectivity index (χ2n) is 7.66. The van der Waals surface area contributed by atoms with Crippen LogP contribution in [-0.2, 0) is 27.4 Å². The zero-order chi connectivity index (χ0) is 26.1. The summed E-state index contributed by atoms with van der Waals surface area (Å²) in [7, 11) is -4.24. The van der Waals surface area contributed by atoms with Gasteiger partial charge < -0.3 is 10.1 Å². The molecule has 6 nitrogen and oxygen atoms in total. The number of alkyl halides is 3. The highest BCUT2D eigenvalue weighted by molar-refractivity contribution is 7.91. The van der Waals surface area contributed by atoms with Gasteiger partial charge in [-0.25, -0.2) is 12.8 Å². The van der Waals surface area contributed by atoms with Crippen LogP contribution in [0.1, 0.15) is 21.6 Å². The molecule has 0 saturated carbocycles. The lowest BCUT2D eigenvalue weighted by Crippen LogP contribution is -2.41. The number of halogens is 4. The minimum atomic E-state index is -4.46. The molecule has 0 radical (unpaired) electrons. The summed E-state index contributed by atoms with van der Waals surface area (Å²) < 4.78 is 79.2. The van der Waals surface area contributed by atoms with Crippen LogP contribution in [0.3, 0.4) is 0 Å². The zero-order valence-corrected chi connectivity index (χ0v) is 19.7. The van der Waals surface area contributed by atoms with E-state index in [1.165, 1.54) is 48.7 Å². The lowest BCUT2D eigenvalue weighted by atomic mass is 10.1. The first-order valence-corrected chi connectivity index (χ1v) is 12.5. The number of aromatic amines is 1. The molecule has 0 bridgehead atoms. The largest absolute Gasteiger partial charge is 0.480 e. The molecule has 0 aliphatic rings. The lowest BCUT2D eigenvalue weighted by molar-refractivity contribution is -0.139. The zero-order valence-electron chi connectivity index (χ0n) is 18.1. The second-order valence-corrected chi connectivity index (χ2v) is 10.7. The summed E-state index contributed by atoms with van der Waals surface area (Å²) in [6, 6.07) is 9.31. The van der Waals surface area contributed by atoms with Gasteiger partial charge in [-0.3, -0.25) is 4.79 Å². The quantitative estimate of drug-likeness (QED) is 0.244. The van der Waals surface area contributed by atoms with Crippen LogP contribution in [0.2, 0.25) is 0 Å². The fourth-order valence-electron chi connectivity index (χ4n) is 3.37. The number of carbonyl (C=O) groups is 1. The third-order valence-corrected chi connectivity index (χ3v) is 8.10. The number of carboxylic acids is 1. The molecule has 2 heterocycles. The van der Waals surface area contributed by atoms with Gasteiger partial charge in [-0.2, -0.15) is 17.9 Å². The van der Waals surface area contributed by atoms with E-state index in [0.717, 1.165) is 23.5 Å². The maximum absolute atomic E-state index is 13.6. The molecule has 186 valence electrons. The van der Waals surface area contributed by atoms with Gasteiger partial charge in [0.05, 0.1) is 10.4 Å². The topological polar surface area (TPSA) is 99.3 Å². The van der Waals surface area contributed by atoms with Crippen molar-refractivity contribution >= 4 is 38.2 Å². The Kier molecular flexibility index (Phi) is 6.90. The summed E-state index contributed by atoms with van der Waals surface area (Å²) in [5, 5.41) is 10.0. The number of nitrogens with one attached hydrogen (secondary N) is 2. The first kappa shape index (κ1) is 25.4. The number of sulfonamides is 1. The Balaban J connectivity index is 1.50. The summed E-state index contributed by atoms with van der Waals surface area (Å²) >= 11 is 0.780. The number of aromatic nitrogens is 1. The number of H-pyrrole nitrogens is 1. The number of fused-ring (bicyclic) bond motifs is 1. The van der Waals surface area contributed by atoms with Crippen molar-refractivity contribution in [3.05, 3.63) is 88.2 Å². The maximum Gasteiger partial charge on any atom is 0.416 e. The summed E-state index contributed by atoms with van der Waals surface area (Å²) in [5.74, 6) is 3.42. The molecule has 4 aromatic rings. The van der Waals surface area contributed by atoms with Crippen molar-refractivity contribution < 1.29 is 35.9 Å². The standard InChI is InChI=1S/C24H16F4N2O4S2/c25-17-6-9-20-19(12-17)15(13-29-20)11-21(23(31)32)30-36(33,34)22-10-8-18(35-22)7-3-14-1-4-16(5-2-14)24(26,27)28/h1-2,4-6,8-10,12-13,21,29-30H,11H2,(H,31,32)/t21-/m1/s1. The molecule has 0 saturated heterocycles. The normalized spacial score (nSPS) is 12.8. The van der Waals surface area contributed by atoms with Gasteiger partial charge in [0, 0.05) is 29.1 Å². The van der Waals surface area contributed by atoms with E-state index in [1.54, 1.807) is 0 Å². The highest BCUT2D eigenvalue weighted by Gasteiger charge is 2.30. The van der Waals surface area contributed by atoms with E-state index in [4.69, 9.17) is 0 Å². The van der Waals surface area contributed by atoms with Crippen LogP contribution in [0.15, 0.2) is 65.0 Å². The molecule has 36 heavy (non-hydrogen) atoms. The molecule has 0 amide bonds. The molecular formula is C24H16F4N2O4S2. The van der Waals surface area contributed by atoms with Crippen molar-refractivity contribution in [1.82, 2.24) is 9.71 Å². The van der Waals surface area contributed by atoms with Crippen molar-refractivity contribution in [3.63, 3.8) is 0 Å². The van der Waals surface area contributed by atoms with E-state index < -0.39 is 39.6 Å². The second kappa shape index (κ2) is 9.77. The molecular weight excluding hydrogens is 520 g/mol. The Bertz CT molecular complexity index is 1590. The average Bonchev–Trinajstić information content (AvgIpc) is 3.44. The minimum absolute atomic E-state index is 0.185. The smallest absolute Gasteiger partial charge is 0.416 e. The van der Waals surface area contributed by atoms with Gasteiger partial charge >= 0.3 is 12.1 Å². The molecule has 12 heteroatoms. The van der Waals surface area contributed by atoms with Crippen molar-refractivity contribution in [2.75, 3.05) is 0 Å². The summed E-state index contributed by atoms with van der Waals surface area (Å²) in [6.07, 6.45) is -3.20. The number of aliphatic carboxylic acids is 1. The maximum atomic E-state index is 13.6. The van der Waals surface area contributed by atoms with Crippen molar-refractivity contribution in [1.29, 1.82) is 0 Å². The van der Waals surface area contributed by atoms with E-state index in [1.807, 2.05) is 0 Å². The van der Waals surface area contributed by atoms with Gasteiger partial charge in [0.1, 0.15) is 16.1 Å². The van der Waals surface area contributed by atoms with Gasteiger partial charge in [-0.1, -0.05) is 11.8 Å². The van der Waals surface area contributed by atoms with E-state index in [2.05, 4.69) is 21.5 Å². The van der Waals surface area contributed by atoms with Crippen LogP contribution in [0, 0.1) is 17.7 Å². The van der Waals surface area contributed by atoms with Crippen molar-refractivity contribution in [2.45, 2.75) is 22.8 Å². The summed E-state index contributed by atoms with van der Waals surface area (Å²) in [4.78, 5) is 15.0. The number of thiophene rings is 1. The number of hydrogen-bond acceptors (Lipinski definition) is 4. The van der Waals surface area contributed by atoms with Crippen molar-refractivity contribution in [2.24, 2.45) is 0 Å². The fourth-order valence-corrected chi connectivity index (χ4v) is 5.74. The van der Waals surface area contributed by atoms with E-state index in [9.17, 15) is 35.9 Å². The molecule has 2 aromatic carbocycles. The van der Waals surface area contributed by atoms with Gasteiger partial charge in [0.25, 0.3) is 10.0 Å². The van der Waals surface area contributed by atoms with Crippen LogP contribution >= 0.6 is 11.3 Å². The number of hydrogen-bond donors (Lipinski definition) is 3. The molecule has 4 rings (SSSR count). The van der Waals surface area contributed by atoms with Crippen LogP contribution < -0.4 is 4.72 Å². The molecule has 1 atom stereocenters. The highest BCUT2D eigenvalue weighted by atomic mass is 32.2. The van der Waals surface area contributed by atoms with Gasteiger partial charge in [0.15, 0.2) is 0 Å². The molecule has 0 aliphatic heterocycles. The number of benzene rings is 2. The molecule has 0 spiro atoms. The Morgan fingerprint density at radius 3 is 2.47 bits per heavy atom. The van der Waals surface area contributed by atoms with E-state index >= 15 is 0 Å². The van der Waals surface area contributed by atoms with Crippen molar-refractivity contribution in [3.8, 4) is 11.8 Å². The summed E-state index contributed by atoms with van der Waals surface area (Å²) in [6.45, 7) is 0. The predicted octanol–water partition coefficient (Wildman–Crippen LogP) is 4.76.